The molecule has 2 unspecified atom stereocenters. The number of aromatic amines is 1. The Bertz CT molecular complexity index is 454. The lowest BCUT2D eigenvalue weighted by atomic mass is 9.89. The van der Waals surface area contributed by atoms with E-state index in [4.69, 9.17) is 9.84 Å². The Labute approximate surface area is 111 Å². The molecule has 2 aliphatic rings. The molecule has 104 valence electrons. The Balaban J connectivity index is 1.66. The van der Waals surface area contributed by atoms with Crippen LogP contribution in [0.3, 0.4) is 0 Å². The maximum Gasteiger partial charge on any atom is 0.332 e. The fourth-order valence-corrected chi connectivity index (χ4v) is 3.00. The minimum absolute atomic E-state index is 0.244. The summed E-state index contributed by atoms with van der Waals surface area (Å²) < 4.78 is 5.48. The molecule has 0 radical (unpaired) electrons. The number of nitrogens with zero attached hydrogens (tertiary/aromatic N) is 2. The monoisotopic (exact) mass is 265 g/mol. The Hall–Kier alpha value is -1.43. The van der Waals surface area contributed by atoms with Crippen LogP contribution in [-0.2, 0) is 9.53 Å². The van der Waals surface area contributed by atoms with Gasteiger partial charge >= 0.3 is 5.97 Å². The van der Waals surface area contributed by atoms with Crippen LogP contribution >= 0.6 is 0 Å². The number of aromatic nitrogens is 3. The first kappa shape index (κ1) is 12.6. The maximum atomic E-state index is 10.9. The van der Waals surface area contributed by atoms with Crippen LogP contribution in [0.5, 0.6) is 0 Å². The third-order valence-electron chi connectivity index (χ3n) is 4.09. The SMILES string of the molecule is O=C(O)C1CCC(c2nc(C3CCCCC3)n[nH]2)O1. The molecule has 2 heterocycles. The number of carboxylic acids is 1. The Morgan fingerprint density at radius 3 is 2.68 bits per heavy atom. The van der Waals surface area contributed by atoms with Crippen molar-refractivity contribution in [3.63, 3.8) is 0 Å². The predicted molar refractivity (Wildman–Crippen MR) is 66.7 cm³/mol. The van der Waals surface area contributed by atoms with Gasteiger partial charge in [-0.25, -0.2) is 9.78 Å². The number of hydrogen-bond acceptors (Lipinski definition) is 4. The second kappa shape index (κ2) is 5.28. The second-order valence-electron chi connectivity index (χ2n) is 5.44. The number of carboxylic acid groups (broad SMARTS) is 1. The van der Waals surface area contributed by atoms with E-state index in [1.54, 1.807) is 0 Å². The van der Waals surface area contributed by atoms with Gasteiger partial charge in [0, 0.05) is 5.92 Å². The Morgan fingerprint density at radius 2 is 2.00 bits per heavy atom. The highest BCUT2D eigenvalue weighted by molar-refractivity contribution is 5.72. The second-order valence-corrected chi connectivity index (χ2v) is 5.44. The average molecular weight is 265 g/mol. The number of hydrogen-bond donors (Lipinski definition) is 2. The predicted octanol–water partition coefficient (Wildman–Crippen LogP) is 2.16. The van der Waals surface area contributed by atoms with Gasteiger partial charge in [0.2, 0.25) is 0 Å². The molecule has 2 fully saturated rings. The summed E-state index contributed by atoms with van der Waals surface area (Å²) in [6.45, 7) is 0. The topological polar surface area (TPSA) is 88.1 Å². The van der Waals surface area contributed by atoms with Crippen molar-refractivity contribution in [1.29, 1.82) is 0 Å². The van der Waals surface area contributed by atoms with Crippen LogP contribution in [0.25, 0.3) is 0 Å². The lowest BCUT2D eigenvalue weighted by Gasteiger charge is -2.18. The smallest absolute Gasteiger partial charge is 0.332 e. The summed E-state index contributed by atoms with van der Waals surface area (Å²) in [7, 11) is 0. The highest BCUT2D eigenvalue weighted by Gasteiger charge is 2.33. The van der Waals surface area contributed by atoms with Gasteiger partial charge in [-0.2, -0.15) is 5.10 Å². The molecule has 0 bridgehead atoms. The van der Waals surface area contributed by atoms with Crippen molar-refractivity contribution < 1.29 is 14.6 Å². The molecule has 0 aromatic carbocycles. The van der Waals surface area contributed by atoms with Crippen molar-refractivity contribution in [1.82, 2.24) is 15.2 Å². The summed E-state index contributed by atoms with van der Waals surface area (Å²) in [5.74, 6) is 1.12. The van der Waals surface area contributed by atoms with Gasteiger partial charge in [0.05, 0.1) is 0 Å². The number of aliphatic carboxylic acids is 1. The normalized spacial score (nSPS) is 28.6. The standard InChI is InChI=1S/C13H19N3O3/c17-13(18)10-7-6-9(19-10)12-14-11(15-16-12)8-4-2-1-3-5-8/h8-10H,1-7H2,(H,17,18)(H,14,15,16). The number of nitrogens with one attached hydrogen (secondary N) is 1. The van der Waals surface area contributed by atoms with Crippen molar-refractivity contribution in [3.8, 4) is 0 Å². The molecule has 1 saturated heterocycles. The minimum Gasteiger partial charge on any atom is -0.479 e. The Kier molecular flexibility index (Phi) is 3.50. The quantitative estimate of drug-likeness (QED) is 0.874. The van der Waals surface area contributed by atoms with Gasteiger partial charge < -0.3 is 9.84 Å². The zero-order valence-electron chi connectivity index (χ0n) is 10.8. The van der Waals surface area contributed by atoms with Crippen LogP contribution in [0.1, 0.15) is 68.6 Å². The van der Waals surface area contributed by atoms with Crippen molar-refractivity contribution in [3.05, 3.63) is 11.6 Å². The molecular weight excluding hydrogens is 246 g/mol. The zero-order chi connectivity index (χ0) is 13.2. The molecule has 1 aliphatic carbocycles. The molecule has 2 N–H and O–H groups in total. The molecule has 19 heavy (non-hydrogen) atoms. The summed E-state index contributed by atoms with van der Waals surface area (Å²) in [5.41, 5.74) is 0. The van der Waals surface area contributed by atoms with Crippen LogP contribution in [-0.4, -0.2) is 32.4 Å². The van der Waals surface area contributed by atoms with Crippen LogP contribution in [0.4, 0.5) is 0 Å². The molecule has 6 heteroatoms. The van der Waals surface area contributed by atoms with E-state index < -0.39 is 12.1 Å². The third-order valence-corrected chi connectivity index (χ3v) is 4.09. The summed E-state index contributed by atoms with van der Waals surface area (Å²) in [6, 6.07) is 0. The van der Waals surface area contributed by atoms with Gasteiger partial charge in [0.15, 0.2) is 17.8 Å². The minimum atomic E-state index is -0.894. The summed E-state index contributed by atoms with van der Waals surface area (Å²) in [6.07, 6.45) is 6.39. The molecular formula is C13H19N3O3. The number of carbonyl (C=O) groups is 1. The molecule has 1 aliphatic heterocycles. The van der Waals surface area contributed by atoms with Gasteiger partial charge in [-0.05, 0) is 25.7 Å². The Morgan fingerprint density at radius 1 is 1.21 bits per heavy atom. The molecule has 2 atom stereocenters. The van der Waals surface area contributed by atoms with E-state index in [0.717, 1.165) is 18.7 Å². The van der Waals surface area contributed by atoms with Crippen molar-refractivity contribution in [2.45, 2.75) is 63.1 Å². The van der Waals surface area contributed by atoms with Crippen molar-refractivity contribution in [2.75, 3.05) is 0 Å². The fourth-order valence-electron chi connectivity index (χ4n) is 3.00. The van der Waals surface area contributed by atoms with E-state index in [0.29, 0.717) is 24.6 Å². The van der Waals surface area contributed by atoms with E-state index in [1.807, 2.05) is 0 Å². The zero-order valence-corrected chi connectivity index (χ0v) is 10.8. The fraction of sp³-hybridized carbons (Fsp3) is 0.769. The lowest BCUT2D eigenvalue weighted by molar-refractivity contribution is -0.149. The molecule has 1 aromatic rings. The summed E-state index contributed by atoms with van der Waals surface area (Å²) in [4.78, 5) is 15.4. The van der Waals surface area contributed by atoms with E-state index in [-0.39, 0.29) is 6.10 Å². The van der Waals surface area contributed by atoms with Crippen molar-refractivity contribution >= 4 is 5.97 Å². The number of rotatable bonds is 3. The van der Waals surface area contributed by atoms with E-state index >= 15 is 0 Å². The van der Waals surface area contributed by atoms with Gasteiger partial charge in [-0.1, -0.05) is 19.3 Å². The molecule has 0 amide bonds. The number of ether oxygens (including phenoxy) is 1. The summed E-state index contributed by atoms with van der Waals surface area (Å²) in [5, 5.41) is 16.1. The summed E-state index contributed by atoms with van der Waals surface area (Å²) >= 11 is 0. The van der Waals surface area contributed by atoms with Crippen LogP contribution in [0.15, 0.2) is 0 Å². The molecule has 0 spiro atoms. The van der Waals surface area contributed by atoms with Crippen LogP contribution in [0.2, 0.25) is 0 Å². The van der Waals surface area contributed by atoms with E-state index in [1.165, 1.54) is 19.3 Å². The lowest BCUT2D eigenvalue weighted by Crippen LogP contribution is -2.18. The van der Waals surface area contributed by atoms with Crippen molar-refractivity contribution in [2.24, 2.45) is 0 Å². The van der Waals surface area contributed by atoms with Gasteiger partial charge in [0.1, 0.15) is 6.10 Å². The molecule has 1 saturated carbocycles. The van der Waals surface area contributed by atoms with Gasteiger partial charge in [-0.15, -0.1) is 0 Å². The van der Waals surface area contributed by atoms with Gasteiger partial charge in [0.25, 0.3) is 0 Å². The average Bonchev–Trinajstić information content (AvgIpc) is 3.09. The largest absolute Gasteiger partial charge is 0.479 e. The van der Waals surface area contributed by atoms with Crippen LogP contribution in [0, 0.1) is 0 Å². The van der Waals surface area contributed by atoms with Crippen LogP contribution < -0.4 is 0 Å². The van der Waals surface area contributed by atoms with E-state index in [9.17, 15) is 4.79 Å². The maximum absolute atomic E-state index is 10.9. The molecule has 3 rings (SSSR count). The first-order valence-electron chi connectivity index (χ1n) is 7.04. The number of H-pyrrole nitrogens is 1. The highest BCUT2D eigenvalue weighted by Crippen LogP contribution is 2.34. The third kappa shape index (κ3) is 2.63. The molecule has 6 nitrogen and oxygen atoms in total. The first-order valence-corrected chi connectivity index (χ1v) is 7.04. The first-order chi connectivity index (χ1) is 9.24. The molecule has 1 aromatic heterocycles. The highest BCUT2D eigenvalue weighted by atomic mass is 16.5. The van der Waals surface area contributed by atoms with E-state index in [2.05, 4.69) is 15.2 Å². The van der Waals surface area contributed by atoms with Gasteiger partial charge in [-0.3, -0.25) is 5.10 Å².